The summed E-state index contributed by atoms with van der Waals surface area (Å²) >= 11 is 0. The maximum absolute atomic E-state index is 13.2. The van der Waals surface area contributed by atoms with Gasteiger partial charge in [-0.05, 0) is 19.3 Å². The summed E-state index contributed by atoms with van der Waals surface area (Å²) in [5, 5.41) is 37.0. The third-order valence-electron chi connectivity index (χ3n) is 5.66. The van der Waals surface area contributed by atoms with Crippen molar-refractivity contribution in [3.63, 3.8) is 0 Å². The molecule has 0 radical (unpaired) electrons. The number of ether oxygens (including phenoxy) is 1. The van der Waals surface area contributed by atoms with Crippen LogP contribution in [0.5, 0.6) is 0 Å². The molecule has 1 aliphatic carbocycles. The van der Waals surface area contributed by atoms with Gasteiger partial charge in [0.2, 0.25) is 0 Å². The van der Waals surface area contributed by atoms with Crippen molar-refractivity contribution in [2.24, 2.45) is 17.8 Å². The number of rotatable bonds is 7. The standard InChI is InChI=1S/C16H20F12O5/c17-13(18,19)11(31,14(20,21)22)8-1-9(12(32,15(23,24)25)16(26,27)28)3-10(2-8)33-6-7(4-29)5-30/h7-10,29-32H,1-6H2. The topological polar surface area (TPSA) is 90.2 Å². The number of aliphatic hydroxyl groups excluding tert-OH is 2. The molecule has 0 heterocycles. The first-order valence-electron chi connectivity index (χ1n) is 9.12. The van der Waals surface area contributed by atoms with Crippen LogP contribution in [0.2, 0.25) is 0 Å². The van der Waals surface area contributed by atoms with E-state index in [-0.39, 0.29) is 0 Å². The Morgan fingerprint density at radius 3 is 1.15 bits per heavy atom. The number of alkyl halides is 12. The Kier molecular flexibility index (Phi) is 8.67. The number of hydrogen-bond donors (Lipinski definition) is 4. The molecule has 1 saturated carbocycles. The van der Waals surface area contributed by atoms with Gasteiger partial charge in [-0.25, -0.2) is 0 Å². The lowest BCUT2D eigenvalue weighted by molar-refractivity contribution is -0.406. The van der Waals surface area contributed by atoms with Crippen molar-refractivity contribution in [2.75, 3.05) is 19.8 Å². The number of halogens is 12. The van der Waals surface area contributed by atoms with Crippen molar-refractivity contribution >= 4 is 0 Å². The molecule has 0 aliphatic heterocycles. The normalized spacial score (nSPS) is 24.5. The van der Waals surface area contributed by atoms with Crippen molar-refractivity contribution in [3.05, 3.63) is 0 Å². The number of hydrogen-bond acceptors (Lipinski definition) is 5. The first-order valence-corrected chi connectivity index (χ1v) is 9.12. The molecule has 0 aromatic carbocycles. The lowest BCUT2D eigenvalue weighted by atomic mass is 9.65. The zero-order valence-corrected chi connectivity index (χ0v) is 16.3. The van der Waals surface area contributed by atoms with Crippen molar-refractivity contribution in [1.82, 2.24) is 0 Å². The third-order valence-corrected chi connectivity index (χ3v) is 5.66. The number of aliphatic hydroxyl groups is 4. The quantitative estimate of drug-likeness (QED) is 0.388. The predicted molar refractivity (Wildman–Crippen MR) is 82.4 cm³/mol. The summed E-state index contributed by atoms with van der Waals surface area (Å²) < 4.78 is 164. The first-order chi connectivity index (χ1) is 14.6. The molecule has 0 aromatic rings. The van der Waals surface area contributed by atoms with Crippen molar-refractivity contribution in [2.45, 2.75) is 61.3 Å². The van der Waals surface area contributed by atoms with Crippen molar-refractivity contribution in [3.8, 4) is 0 Å². The van der Waals surface area contributed by atoms with Crippen LogP contribution in [-0.4, -0.2) is 82.3 Å². The van der Waals surface area contributed by atoms with Gasteiger partial charge < -0.3 is 25.2 Å². The summed E-state index contributed by atoms with van der Waals surface area (Å²) in [6, 6.07) is 0. The highest BCUT2D eigenvalue weighted by molar-refractivity contribution is 5.08. The highest BCUT2D eigenvalue weighted by atomic mass is 19.4. The highest BCUT2D eigenvalue weighted by Gasteiger charge is 2.78. The summed E-state index contributed by atoms with van der Waals surface area (Å²) in [4.78, 5) is 0. The van der Waals surface area contributed by atoms with E-state index in [0.717, 1.165) is 0 Å². The van der Waals surface area contributed by atoms with E-state index < -0.39 is 98.8 Å². The van der Waals surface area contributed by atoms with Crippen LogP contribution in [0.15, 0.2) is 0 Å². The van der Waals surface area contributed by atoms with Crippen molar-refractivity contribution < 1.29 is 77.8 Å². The molecular weight excluding hydrogens is 500 g/mol. The van der Waals surface area contributed by atoms with Crippen LogP contribution >= 0.6 is 0 Å². The van der Waals surface area contributed by atoms with Gasteiger partial charge in [-0.1, -0.05) is 0 Å². The van der Waals surface area contributed by atoms with Crippen LogP contribution in [0, 0.1) is 17.8 Å². The van der Waals surface area contributed by atoms with E-state index >= 15 is 0 Å². The Morgan fingerprint density at radius 2 is 0.909 bits per heavy atom. The lowest BCUT2D eigenvalue weighted by Crippen LogP contribution is -2.67. The molecular formula is C16H20F12O5. The van der Waals surface area contributed by atoms with Crippen LogP contribution in [0.4, 0.5) is 52.7 Å². The molecule has 0 spiro atoms. The summed E-state index contributed by atoms with van der Waals surface area (Å²) in [6.07, 6.45) is -33.5. The second-order valence-electron chi connectivity index (χ2n) is 7.81. The monoisotopic (exact) mass is 520 g/mol. The largest absolute Gasteiger partial charge is 0.426 e. The Balaban J connectivity index is 3.57. The fourth-order valence-corrected chi connectivity index (χ4v) is 3.77. The smallest absolute Gasteiger partial charge is 0.396 e. The molecule has 0 saturated heterocycles. The Bertz CT molecular complexity index is 564. The van der Waals surface area contributed by atoms with E-state index in [1.807, 2.05) is 0 Å². The van der Waals surface area contributed by atoms with Crippen molar-refractivity contribution in [1.29, 1.82) is 0 Å². The lowest BCUT2D eigenvalue weighted by Gasteiger charge is -2.48. The minimum atomic E-state index is -6.56. The molecule has 1 fully saturated rings. The van der Waals surface area contributed by atoms with Gasteiger partial charge in [-0.15, -0.1) is 0 Å². The molecule has 0 bridgehead atoms. The van der Waals surface area contributed by atoms with Crippen LogP contribution in [0.25, 0.3) is 0 Å². The molecule has 198 valence electrons. The van der Waals surface area contributed by atoms with E-state index in [4.69, 9.17) is 14.9 Å². The molecule has 0 aromatic heterocycles. The van der Waals surface area contributed by atoms with E-state index in [1.165, 1.54) is 0 Å². The zero-order valence-electron chi connectivity index (χ0n) is 16.3. The molecule has 0 amide bonds. The maximum atomic E-state index is 13.2. The van der Waals surface area contributed by atoms with Gasteiger partial charge in [-0.3, -0.25) is 0 Å². The summed E-state index contributed by atoms with van der Waals surface area (Å²) in [6.45, 7) is -2.55. The van der Waals surface area contributed by atoms with Gasteiger partial charge in [0, 0.05) is 17.8 Å². The fourth-order valence-electron chi connectivity index (χ4n) is 3.77. The van der Waals surface area contributed by atoms with Gasteiger partial charge in [-0.2, -0.15) is 52.7 Å². The Labute approximate surface area is 177 Å². The van der Waals surface area contributed by atoms with Gasteiger partial charge in [0.05, 0.1) is 25.9 Å². The highest BCUT2D eigenvalue weighted by Crippen LogP contribution is 2.57. The van der Waals surface area contributed by atoms with Crippen LogP contribution in [0.3, 0.4) is 0 Å². The van der Waals surface area contributed by atoms with E-state index in [0.29, 0.717) is 0 Å². The third kappa shape index (κ3) is 5.62. The van der Waals surface area contributed by atoms with Crippen LogP contribution in [-0.2, 0) is 4.74 Å². The van der Waals surface area contributed by atoms with Gasteiger partial charge >= 0.3 is 24.7 Å². The molecule has 17 heteroatoms. The Morgan fingerprint density at radius 1 is 0.606 bits per heavy atom. The predicted octanol–water partition coefficient (Wildman–Crippen LogP) is 3.10. The summed E-state index contributed by atoms with van der Waals surface area (Å²) in [5.74, 6) is -7.85. The molecule has 2 unspecified atom stereocenters. The van der Waals surface area contributed by atoms with Crippen LogP contribution in [0.1, 0.15) is 19.3 Å². The minimum Gasteiger partial charge on any atom is -0.396 e. The first kappa shape index (κ1) is 30.0. The maximum Gasteiger partial charge on any atom is 0.426 e. The van der Waals surface area contributed by atoms with E-state index in [9.17, 15) is 62.9 Å². The molecule has 33 heavy (non-hydrogen) atoms. The average molecular weight is 520 g/mol. The summed E-state index contributed by atoms with van der Waals surface area (Å²) in [7, 11) is 0. The molecule has 5 nitrogen and oxygen atoms in total. The summed E-state index contributed by atoms with van der Waals surface area (Å²) in [5.41, 5.74) is -11.4. The van der Waals surface area contributed by atoms with Crippen LogP contribution < -0.4 is 0 Å². The molecule has 1 rings (SSSR count). The second kappa shape index (κ2) is 9.54. The van der Waals surface area contributed by atoms with Gasteiger partial charge in [0.25, 0.3) is 11.2 Å². The molecule has 4 N–H and O–H groups in total. The molecule has 2 atom stereocenters. The second-order valence-corrected chi connectivity index (χ2v) is 7.81. The van der Waals surface area contributed by atoms with Gasteiger partial charge in [0.15, 0.2) is 0 Å². The Hall–Kier alpha value is -1.04. The van der Waals surface area contributed by atoms with Gasteiger partial charge in [0.1, 0.15) is 0 Å². The minimum absolute atomic E-state index is 0.847. The average Bonchev–Trinajstić information content (AvgIpc) is 2.63. The zero-order chi connectivity index (χ0) is 26.3. The fraction of sp³-hybridized carbons (Fsp3) is 1.00. The SMILES string of the molecule is OCC(CO)COC1CC(C(O)(C(F)(F)F)C(F)(F)F)CC(C(O)(C(F)(F)F)C(F)(F)F)C1. The van der Waals surface area contributed by atoms with E-state index in [1.54, 1.807) is 0 Å². The molecule has 1 aliphatic rings. The van der Waals surface area contributed by atoms with E-state index in [2.05, 4.69) is 0 Å².